The molecule has 20 heavy (non-hydrogen) atoms. The molecule has 0 aliphatic carbocycles. The van der Waals surface area contributed by atoms with Crippen molar-refractivity contribution < 1.29 is 5.11 Å². The zero-order chi connectivity index (χ0) is 14.1. The molecular formula is C17H16N2O. The summed E-state index contributed by atoms with van der Waals surface area (Å²) >= 11 is 0. The van der Waals surface area contributed by atoms with Crippen LogP contribution in [0.1, 0.15) is 28.6 Å². The van der Waals surface area contributed by atoms with Gasteiger partial charge in [0.15, 0.2) is 0 Å². The van der Waals surface area contributed by atoms with Gasteiger partial charge in [0, 0.05) is 28.5 Å². The average molecular weight is 264 g/mol. The first-order valence-corrected chi connectivity index (χ1v) is 6.62. The van der Waals surface area contributed by atoms with Crippen molar-refractivity contribution >= 4 is 10.9 Å². The lowest BCUT2D eigenvalue weighted by Crippen LogP contribution is -2.03. The molecular weight excluding hydrogens is 248 g/mol. The third kappa shape index (κ3) is 2.28. The minimum atomic E-state index is -0.685. The van der Waals surface area contributed by atoms with Crippen molar-refractivity contribution in [3.63, 3.8) is 0 Å². The van der Waals surface area contributed by atoms with Crippen molar-refractivity contribution in [2.45, 2.75) is 20.0 Å². The highest BCUT2D eigenvalue weighted by Gasteiger charge is 2.15. The van der Waals surface area contributed by atoms with Gasteiger partial charge in [0.1, 0.15) is 6.10 Å². The molecule has 0 saturated carbocycles. The Bertz CT molecular complexity index is 751. The highest BCUT2D eigenvalue weighted by atomic mass is 16.3. The summed E-state index contributed by atoms with van der Waals surface area (Å²) in [5, 5.41) is 11.6. The number of fused-ring (bicyclic) bond motifs is 1. The normalized spacial score (nSPS) is 12.6. The number of benzene rings is 1. The highest BCUT2D eigenvalue weighted by molar-refractivity contribution is 5.83. The van der Waals surface area contributed by atoms with Gasteiger partial charge in [0.05, 0.1) is 5.52 Å². The van der Waals surface area contributed by atoms with E-state index in [0.717, 1.165) is 33.4 Å². The molecule has 0 saturated heterocycles. The summed E-state index contributed by atoms with van der Waals surface area (Å²) in [5.41, 5.74) is 4.42. The van der Waals surface area contributed by atoms with E-state index in [9.17, 15) is 5.11 Å². The van der Waals surface area contributed by atoms with Crippen LogP contribution in [0.15, 0.2) is 48.7 Å². The number of hydrogen-bond donors (Lipinski definition) is 1. The van der Waals surface area contributed by atoms with Crippen LogP contribution in [0.4, 0.5) is 0 Å². The number of aliphatic hydroxyl groups is 1. The van der Waals surface area contributed by atoms with Gasteiger partial charge in [0.25, 0.3) is 0 Å². The lowest BCUT2D eigenvalue weighted by molar-refractivity contribution is 0.221. The Balaban J connectivity index is 2.15. The molecule has 0 spiro atoms. The van der Waals surface area contributed by atoms with Gasteiger partial charge in [-0.2, -0.15) is 0 Å². The summed E-state index contributed by atoms with van der Waals surface area (Å²) in [5.74, 6) is 0. The van der Waals surface area contributed by atoms with Crippen LogP contribution in [0.25, 0.3) is 10.9 Å². The Hall–Kier alpha value is -2.26. The first kappa shape index (κ1) is 12.8. The molecule has 2 heterocycles. The quantitative estimate of drug-likeness (QED) is 0.772. The van der Waals surface area contributed by atoms with Crippen LogP contribution in [-0.2, 0) is 0 Å². The molecule has 0 amide bonds. The SMILES string of the molecule is Cc1ccc(C(O)c2cc(C)nc3ccccc23)cn1. The van der Waals surface area contributed by atoms with Gasteiger partial charge in [-0.3, -0.25) is 9.97 Å². The predicted octanol–water partition coefficient (Wildman–Crippen LogP) is 3.33. The summed E-state index contributed by atoms with van der Waals surface area (Å²) in [7, 11) is 0. The topological polar surface area (TPSA) is 46.0 Å². The van der Waals surface area contributed by atoms with E-state index in [1.807, 2.05) is 56.3 Å². The standard InChI is InChI=1S/C17H16N2O/c1-11-7-8-13(10-18-11)17(20)15-9-12(2)19-16-6-4-3-5-14(15)16/h3-10,17,20H,1-2H3. The lowest BCUT2D eigenvalue weighted by atomic mass is 9.98. The fraction of sp³-hybridized carbons (Fsp3) is 0.176. The fourth-order valence-electron chi connectivity index (χ4n) is 2.39. The number of para-hydroxylation sites is 1. The molecule has 0 aliphatic rings. The van der Waals surface area contributed by atoms with Gasteiger partial charge < -0.3 is 5.11 Å². The van der Waals surface area contributed by atoms with E-state index >= 15 is 0 Å². The molecule has 2 aromatic heterocycles. The van der Waals surface area contributed by atoms with Crippen LogP contribution >= 0.6 is 0 Å². The molecule has 100 valence electrons. The van der Waals surface area contributed by atoms with E-state index in [0.29, 0.717) is 0 Å². The number of aryl methyl sites for hydroxylation is 2. The average Bonchev–Trinajstić information content (AvgIpc) is 2.46. The zero-order valence-electron chi connectivity index (χ0n) is 11.5. The largest absolute Gasteiger partial charge is 0.384 e. The smallest absolute Gasteiger partial charge is 0.106 e. The zero-order valence-corrected chi connectivity index (χ0v) is 11.5. The summed E-state index contributed by atoms with van der Waals surface area (Å²) in [6.07, 6.45) is 1.04. The number of rotatable bonds is 2. The fourth-order valence-corrected chi connectivity index (χ4v) is 2.39. The molecule has 3 nitrogen and oxygen atoms in total. The van der Waals surface area contributed by atoms with E-state index in [-0.39, 0.29) is 0 Å². The van der Waals surface area contributed by atoms with Crippen molar-refractivity contribution in [2.24, 2.45) is 0 Å². The molecule has 1 unspecified atom stereocenters. The molecule has 1 aromatic carbocycles. The number of hydrogen-bond acceptors (Lipinski definition) is 3. The molecule has 1 atom stereocenters. The molecule has 0 radical (unpaired) electrons. The van der Waals surface area contributed by atoms with Gasteiger partial charge in [-0.25, -0.2) is 0 Å². The van der Waals surface area contributed by atoms with E-state index in [1.165, 1.54) is 0 Å². The Morgan fingerprint density at radius 3 is 2.55 bits per heavy atom. The van der Waals surface area contributed by atoms with Gasteiger partial charge in [-0.1, -0.05) is 24.3 Å². The Kier molecular flexibility index (Phi) is 3.20. The van der Waals surface area contributed by atoms with Crippen molar-refractivity contribution in [3.05, 3.63) is 71.2 Å². The van der Waals surface area contributed by atoms with E-state index < -0.39 is 6.10 Å². The minimum Gasteiger partial charge on any atom is -0.384 e. The number of aliphatic hydroxyl groups excluding tert-OH is 1. The van der Waals surface area contributed by atoms with E-state index in [1.54, 1.807) is 6.20 Å². The second kappa shape index (κ2) is 5.02. The van der Waals surface area contributed by atoms with Crippen molar-refractivity contribution in [1.29, 1.82) is 0 Å². The van der Waals surface area contributed by atoms with Crippen LogP contribution in [0, 0.1) is 13.8 Å². The number of aromatic nitrogens is 2. The second-order valence-electron chi connectivity index (χ2n) is 5.01. The summed E-state index contributed by atoms with van der Waals surface area (Å²) < 4.78 is 0. The maximum absolute atomic E-state index is 10.6. The molecule has 3 rings (SSSR count). The van der Waals surface area contributed by atoms with Crippen LogP contribution in [0.3, 0.4) is 0 Å². The molecule has 0 bridgehead atoms. The van der Waals surface area contributed by atoms with Gasteiger partial charge in [0.2, 0.25) is 0 Å². The first-order chi connectivity index (χ1) is 9.65. The Labute approximate surface area is 117 Å². The number of pyridine rings is 2. The molecule has 0 fully saturated rings. The second-order valence-corrected chi connectivity index (χ2v) is 5.01. The molecule has 0 aliphatic heterocycles. The maximum atomic E-state index is 10.6. The lowest BCUT2D eigenvalue weighted by Gasteiger charge is -2.14. The van der Waals surface area contributed by atoms with E-state index in [2.05, 4.69) is 9.97 Å². The highest BCUT2D eigenvalue weighted by Crippen LogP contribution is 2.28. The summed E-state index contributed by atoms with van der Waals surface area (Å²) in [4.78, 5) is 8.75. The predicted molar refractivity (Wildman–Crippen MR) is 79.5 cm³/mol. The molecule has 1 N–H and O–H groups in total. The van der Waals surface area contributed by atoms with Crippen molar-refractivity contribution in [3.8, 4) is 0 Å². The van der Waals surface area contributed by atoms with E-state index in [4.69, 9.17) is 0 Å². The first-order valence-electron chi connectivity index (χ1n) is 6.62. The molecule has 3 heteroatoms. The maximum Gasteiger partial charge on any atom is 0.106 e. The van der Waals surface area contributed by atoms with Gasteiger partial charge in [-0.15, -0.1) is 0 Å². The Morgan fingerprint density at radius 2 is 1.80 bits per heavy atom. The third-order valence-corrected chi connectivity index (χ3v) is 3.42. The van der Waals surface area contributed by atoms with Crippen LogP contribution < -0.4 is 0 Å². The summed E-state index contributed by atoms with van der Waals surface area (Å²) in [6.45, 7) is 3.87. The van der Waals surface area contributed by atoms with Crippen molar-refractivity contribution in [2.75, 3.05) is 0 Å². The van der Waals surface area contributed by atoms with Crippen LogP contribution in [-0.4, -0.2) is 15.1 Å². The summed E-state index contributed by atoms with van der Waals surface area (Å²) in [6, 6.07) is 13.6. The number of nitrogens with zero attached hydrogens (tertiary/aromatic N) is 2. The monoisotopic (exact) mass is 264 g/mol. The third-order valence-electron chi connectivity index (χ3n) is 3.42. The van der Waals surface area contributed by atoms with Gasteiger partial charge >= 0.3 is 0 Å². The van der Waals surface area contributed by atoms with Crippen LogP contribution in [0.5, 0.6) is 0 Å². The minimum absolute atomic E-state index is 0.685. The Morgan fingerprint density at radius 1 is 1.00 bits per heavy atom. The van der Waals surface area contributed by atoms with Gasteiger partial charge in [-0.05, 0) is 37.6 Å². The van der Waals surface area contributed by atoms with Crippen molar-refractivity contribution in [1.82, 2.24) is 9.97 Å². The van der Waals surface area contributed by atoms with Crippen LogP contribution in [0.2, 0.25) is 0 Å². The molecule has 3 aromatic rings.